The van der Waals surface area contributed by atoms with Gasteiger partial charge in [0.2, 0.25) is 0 Å². The molecule has 3 rings (SSSR count). The largest absolute Gasteiger partial charge is 0.289 e. The lowest BCUT2D eigenvalue weighted by molar-refractivity contribution is 0.0950. The summed E-state index contributed by atoms with van der Waals surface area (Å²) >= 11 is 3.39. The third-order valence-corrected chi connectivity index (χ3v) is 3.91. The van der Waals surface area contributed by atoms with Crippen molar-refractivity contribution < 1.29 is 4.79 Å². The zero-order valence-corrected chi connectivity index (χ0v) is 14.8. The number of benzene rings is 2. The normalized spacial score (nSPS) is 11.2. The van der Waals surface area contributed by atoms with Crippen LogP contribution in [0.1, 0.15) is 16.1 Å². The predicted molar refractivity (Wildman–Crippen MR) is 103 cm³/mol. The van der Waals surface area contributed by atoms with Gasteiger partial charge in [-0.05, 0) is 29.8 Å². The number of rotatable bonds is 5. The van der Waals surface area contributed by atoms with Gasteiger partial charge in [0.05, 0.1) is 5.69 Å². The Morgan fingerprint density at radius 1 is 1.12 bits per heavy atom. The molecule has 0 saturated carbocycles. The first-order valence-corrected chi connectivity index (χ1v) is 8.38. The van der Waals surface area contributed by atoms with E-state index in [9.17, 15) is 4.79 Å². The van der Waals surface area contributed by atoms with Crippen molar-refractivity contribution in [2.75, 3.05) is 0 Å². The molecule has 2 N–H and O–H groups in total. The highest BCUT2D eigenvalue weighted by atomic mass is 79.9. The molecule has 0 saturated heterocycles. The lowest BCUT2D eigenvalue weighted by atomic mass is 10.1. The number of hydrogen-bond donors (Lipinski definition) is 2. The van der Waals surface area contributed by atoms with Crippen molar-refractivity contribution in [3.63, 3.8) is 0 Å². The van der Waals surface area contributed by atoms with Crippen LogP contribution in [0.3, 0.4) is 0 Å². The van der Waals surface area contributed by atoms with E-state index in [4.69, 9.17) is 0 Å². The highest BCUT2D eigenvalue weighted by Gasteiger charge is 2.10. The number of carbonyl (C=O) groups is 1. The molecule has 0 spiro atoms. The van der Waals surface area contributed by atoms with Gasteiger partial charge < -0.3 is 0 Å². The lowest BCUT2D eigenvalue weighted by Crippen LogP contribution is -2.17. The van der Waals surface area contributed by atoms with Gasteiger partial charge in [0.25, 0.3) is 5.91 Å². The summed E-state index contributed by atoms with van der Waals surface area (Å²) in [6.45, 7) is 0. The number of amides is 1. The Morgan fingerprint density at radius 3 is 2.64 bits per heavy atom. The van der Waals surface area contributed by atoms with Crippen molar-refractivity contribution in [3.8, 4) is 11.3 Å². The van der Waals surface area contributed by atoms with Gasteiger partial charge in [-0.15, -0.1) is 0 Å². The highest BCUT2D eigenvalue weighted by Crippen LogP contribution is 2.20. The molecule has 5 nitrogen and oxygen atoms in total. The van der Waals surface area contributed by atoms with Crippen molar-refractivity contribution in [3.05, 3.63) is 82.5 Å². The summed E-state index contributed by atoms with van der Waals surface area (Å²) in [5.41, 5.74) is 5.50. The van der Waals surface area contributed by atoms with Crippen LogP contribution in [0.4, 0.5) is 0 Å². The number of H-pyrrole nitrogens is 1. The van der Waals surface area contributed by atoms with Crippen LogP contribution >= 0.6 is 15.9 Å². The van der Waals surface area contributed by atoms with Crippen molar-refractivity contribution >= 4 is 34.1 Å². The molecular formula is C19H15BrN4O. The van der Waals surface area contributed by atoms with Crippen LogP contribution in [-0.4, -0.2) is 22.3 Å². The van der Waals surface area contributed by atoms with Gasteiger partial charge in [0, 0.05) is 16.3 Å². The minimum absolute atomic E-state index is 0.347. The average Bonchev–Trinajstić information content (AvgIpc) is 3.13. The third-order valence-electron chi connectivity index (χ3n) is 3.38. The van der Waals surface area contributed by atoms with E-state index in [1.54, 1.807) is 12.1 Å². The molecule has 0 aliphatic rings. The maximum absolute atomic E-state index is 12.0. The fraction of sp³-hybridized carbons (Fsp3) is 0. The zero-order valence-electron chi connectivity index (χ0n) is 13.2. The van der Waals surface area contributed by atoms with Gasteiger partial charge in [-0.1, -0.05) is 64.5 Å². The first-order valence-electron chi connectivity index (χ1n) is 7.59. The Balaban J connectivity index is 1.57. The molecular weight excluding hydrogens is 380 g/mol. The number of aromatic amines is 1. The van der Waals surface area contributed by atoms with E-state index in [-0.39, 0.29) is 5.91 Å². The Kier molecular flexibility index (Phi) is 5.53. The number of halogens is 1. The fourth-order valence-electron chi connectivity index (χ4n) is 2.12. The van der Waals surface area contributed by atoms with Crippen molar-refractivity contribution in [2.24, 2.45) is 5.10 Å². The van der Waals surface area contributed by atoms with Crippen LogP contribution < -0.4 is 5.43 Å². The van der Waals surface area contributed by atoms with E-state index in [1.165, 1.54) is 6.21 Å². The standard InChI is InChI=1S/C19H15BrN4O/c20-16-10-8-15(9-11-16)17-13-18(23-22-17)19(25)24-21-12-4-7-14-5-2-1-3-6-14/h1-13H,(H,22,23)(H,24,25)/b7-4+,21-12-. The predicted octanol–water partition coefficient (Wildman–Crippen LogP) is 4.27. The van der Waals surface area contributed by atoms with E-state index in [0.29, 0.717) is 11.4 Å². The number of hydrogen-bond acceptors (Lipinski definition) is 3. The molecule has 0 aliphatic carbocycles. The number of hydrazone groups is 1. The first kappa shape index (κ1) is 16.9. The summed E-state index contributed by atoms with van der Waals surface area (Å²) in [5, 5.41) is 10.8. The molecule has 0 fully saturated rings. The van der Waals surface area contributed by atoms with Crippen molar-refractivity contribution in [1.29, 1.82) is 0 Å². The number of carbonyl (C=O) groups excluding carboxylic acids is 1. The third kappa shape index (κ3) is 4.74. The van der Waals surface area contributed by atoms with Crippen LogP contribution in [0.15, 0.2) is 76.3 Å². The highest BCUT2D eigenvalue weighted by molar-refractivity contribution is 9.10. The molecule has 0 bridgehead atoms. The summed E-state index contributed by atoms with van der Waals surface area (Å²) in [5.74, 6) is -0.347. The van der Waals surface area contributed by atoms with Gasteiger partial charge in [-0.25, -0.2) is 5.43 Å². The maximum Gasteiger partial charge on any atom is 0.289 e. The molecule has 1 heterocycles. The minimum Gasteiger partial charge on any atom is -0.272 e. The van der Waals surface area contributed by atoms with Gasteiger partial charge in [-0.3, -0.25) is 9.89 Å². The number of nitrogens with zero attached hydrogens (tertiary/aromatic N) is 2. The summed E-state index contributed by atoms with van der Waals surface area (Å²) in [6, 6.07) is 19.2. The Morgan fingerprint density at radius 2 is 1.88 bits per heavy atom. The molecule has 3 aromatic rings. The molecule has 1 aromatic heterocycles. The van der Waals surface area contributed by atoms with E-state index in [1.807, 2.05) is 60.7 Å². The molecule has 25 heavy (non-hydrogen) atoms. The molecule has 6 heteroatoms. The first-order chi connectivity index (χ1) is 12.2. The number of nitrogens with one attached hydrogen (secondary N) is 2. The number of allylic oxidation sites excluding steroid dienone is 1. The Hall–Kier alpha value is -2.99. The molecule has 1 amide bonds. The van der Waals surface area contributed by atoms with E-state index in [2.05, 4.69) is 36.7 Å². The van der Waals surface area contributed by atoms with Gasteiger partial charge in [0.1, 0.15) is 5.69 Å². The van der Waals surface area contributed by atoms with E-state index >= 15 is 0 Å². The molecule has 2 aromatic carbocycles. The van der Waals surface area contributed by atoms with E-state index < -0.39 is 0 Å². The molecule has 124 valence electrons. The van der Waals surface area contributed by atoms with Crippen molar-refractivity contribution in [2.45, 2.75) is 0 Å². The van der Waals surface area contributed by atoms with Gasteiger partial charge in [0.15, 0.2) is 0 Å². The van der Waals surface area contributed by atoms with Crippen LogP contribution in [0.25, 0.3) is 17.3 Å². The topological polar surface area (TPSA) is 70.1 Å². The second kappa shape index (κ2) is 8.21. The fourth-order valence-corrected chi connectivity index (χ4v) is 2.39. The summed E-state index contributed by atoms with van der Waals surface area (Å²) < 4.78 is 0.989. The molecule has 0 atom stereocenters. The van der Waals surface area contributed by atoms with Crippen LogP contribution in [0, 0.1) is 0 Å². The SMILES string of the molecule is O=C(N/N=C\C=C\c1ccccc1)c1cc(-c2ccc(Br)cc2)n[nH]1. The lowest BCUT2D eigenvalue weighted by Gasteiger charge is -1.95. The summed E-state index contributed by atoms with van der Waals surface area (Å²) in [4.78, 5) is 12.0. The maximum atomic E-state index is 12.0. The van der Waals surface area contributed by atoms with Gasteiger partial charge in [-0.2, -0.15) is 10.2 Å². The zero-order chi connectivity index (χ0) is 17.5. The number of aromatic nitrogens is 2. The second-order valence-electron chi connectivity index (χ2n) is 5.16. The quantitative estimate of drug-likeness (QED) is 0.501. The monoisotopic (exact) mass is 394 g/mol. The smallest absolute Gasteiger partial charge is 0.272 e. The summed E-state index contributed by atoms with van der Waals surface area (Å²) in [7, 11) is 0. The van der Waals surface area contributed by atoms with Gasteiger partial charge >= 0.3 is 0 Å². The van der Waals surface area contributed by atoms with Crippen LogP contribution in [-0.2, 0) is 0 Å². The molecule has 0 aliphatic heterocycles. The minimum atomic E-state index is -0.347. The van der Waals surface area contributed by atoms with E-state index in [0.717, 1.165) is 15.6 Å². The summed E-state index contributed by atoms with van der Waals surface area (Å²) in [6.07, 6.45) is 5.18. The van der Waals surface area contributed by atoms with Crippen LogP contribution in [0.5, 0.6) is 0 Å². The van der Waals surface area contributed by atoms with Crippen molar-refractivity contribution in [1.82, 2.24) is 15.6 Å². The molecule has 0 unspecified atom stereocenters. The average molecular weight is 395 g/mol. The second-order valence-corrected chi connectivity index (χ2v) is 6.08. The molecule has 0 radical (unpaired) electrons. The Labute approximate surface area is 153 Å². The Bertz CT molecular complexity index is 899. The van der Waals surface area contributed by atoms with Crippen LogP contribution in [0.2, 0.25) is 0 Å².